The number of halogens is 1. The molecule has 1 aromatic carbocycles. The van der Waals surface area contributed by atoms with Crippen molar-refractivity contribution in [2.24, 2.45) is 0 Å². The summed E-state index contributed by atoms with van der Waals surface area (Å²) < 4.78 is 14.0. The molecule has 0 spiro atoms. The first-order valence-electron chi connectivity index (χ1n) is 4.21. The Morgan fingerprint density at radius 3 is 2.92 bits per heavy atom. The van der Waals surface area contributed by atoms with E-state index in [9.17, 15) is 4.39 Å². The second-order valence-corrected chi connectivity index (χ2v) is 3.02. The molecule has 0 atom stereocenters. The highest BCUT2D eigenvalue weighted by Crippen LogP contribution is 2.18. The number of aryl methyl sites for hydroxylation is 1. The molecule has 0 fully saturated rings. The minimum absolute atomic E-state index is 0.339. The summed E-state index contributed by atoms with van der Waals surface area (Å²) in [5, 5.41) is 1.06. The van der Waals surface area contributed by atoms with Crippen LogP contribution in [0.3, 0.4) is 0 Å². The number of anilines is 1. The molecular formula is C10H11FN2. The maximum atomic E-state index is 12.1. The van der Waals surface area contributed by atoms with Gasteiger partial charge in [0.2, 0.25) is 0 Å². The summed E-state index contributed by atoms with van der Waals surface area (Å²) in [5.41, 5.74) is 7.40. The van der Waals surface area contributed by atoms with Crippen LogP contribution in [0.25, 0.3) is 10.9 Å². The maximum Gasteiger partial charge on any atom is 0.107 e. The van der Waals surface area contributed by atoms with Crippen LogP contribution in [0, 0.1) is 0 Å². The first kappa shape index (κ1) is 8.10. The average molecular weight is 178 g/mol. The zero-order valence-electron chi connectivity index (χ0n) is 7.20. The highest BCUT2D eigenvalue weighted by molar-refractivity contribution is 5.83. The molecule has 3 heteroatoms. The van der Waals surface area contributed by atoms with Crippen LogP contribution in [-0.4, -0.2) is 11.2 Å². The number of nitrogens with zero attached hydrogens (tertiary/aromatic N) is 1. The molecule has 2 nitrogen and oxygen atoms in total. The topological polar surface area (TPSA) is 30.9 Å². The van der Waals surface area contributed by atoms with E-state index in [1.807, 2.05) is 35.0 Å². The Morgan fingerprint density at radius 1 is 1.31 bits per heavy atom. The highest BCUT2D eigenvalue weighted by Gasteiger charge is 1.99. The Kier molecular flexibility index (Phi) is 1.93. The van der Waals surface area contributed by atoms with Crippen LogP contribution in [-0.2, 0) is 6.54 Å². The molecule has 0 aliphatic rings. The lowest BCUT2D eigenvalue weighted by Crippen LogP contribution is -1.96. The van der Waals surface area contributed by atoms with Crippen molar-refractivity contribution in [2.75, 3.05) is 12.4 Å². The summed E-state index contributed by atoms with van der Waals surface area (Å²) in [4.78, 5) is 0. The smallest absolute Gasteiger partial charge is 0.107 e. The second-order valence-electron chi connectivity index (χ2n) is 3.02. The lowest BCUT2D eigenvalue weighted by atomic mass is 10.2. The second kappa shape index (κ2) is 3.09. The highest BCUT2D eigenvalue weighted by atomic mass is 19.1. The van der Waals surface area contributed by atoms with Gasteiger partial charge in [0, 0.05) is 22.8 Å². The van der Waals surface area contributed by atoms with Gasteiger partial charge in [-0.2, -0.15) is 0 Å². The van der Waals surface area contributed by atoms with E-state index in [1.165, 1.54) is 0 Å². The monoisotopic (exact) mass is 178 g/mol. The van der Waals surface area contributed by atoms with Gasteiger partial charge in [-0.25, -0.2) is 4.39 Å². The molecule has 2 N–H and O–H groups in total. The number of nitrogen functional groups attached to an aromatic ring is 1. The third kappa shape index (κ3) is 1.37. The average Bonchev–Trinajstić information content (AvgIpc) is 2.49. The Bertz CT molecular complexity index is 420. The number of fused-ring (bicyclic) bond motifs is 1. The van der Waals surface area contributed by atoms with Crippen molar-refractivity contribution in [3.05, 3.63) is 30.5 Å². The van der Waals surface area contributed by atoms with E-state index in [1.54, 1.807) is 0 Å². The van der Waals surface area contributed by atoms with Gasteiger partial charge in [0.15, 0.2) is 0 Å². The molecule has 0 saturated heterocycles. The molecule has 0 unspecified atom stereocenters. The van der Waals surface area contributed by atoms with Gasteiger partial charge in [0.1, 0.15) is 6.67 Å². The predicted molar refractivity (Wildman–Crippen MR) is 52.3 cm³/mol. The Labute approximate surface area is 75.8 Å². The van der Waals surface area contributed by atoms with Gasteiger partial charge < -0.3 is 10.3 Å². The molecule has 68 valence electrons. The Balaban J connectivity index is 2.55. The molecule has 1 aromatic heterocycles. The van der Waals surface area contributed by atoms with Gasteiger partial charge >= 0.3 is 0 Å². The number of hydrogen-bond acceptors (Lipinski definition) is 1. The van der Waals surface area contributed by atoms with E-state index in [0.717, 1.165) is 16.6 Å². The zero-order valence-corrected chi connectivity index (χ0v) is 7.20. The van der Waals surface area contributed by atoms with E-state index >= 15 is 0 Å². The summed E-state index contributed by atoms with van der Waals surface area (Å²) in [6.07, 6.45) is 1.88. The molecule has 0 saturated carbocycles. The van der Waals surface area contributed by atoms with E-state index in [2.05, 4.69) is 0 Å². The van der Waals surface area contributed by atoms with Gasteiger partial charge in [0.25, 0.3) is 0 Å². The molecule has 2 rings (SSSR count). The van der Waals surface area contributed by atoms with Crippen LogP contribution in [0.1, 0.15) is 0 Å². The lowest BCUT2D eigenvalue weighted by molar-refractivity contribution is 0.451. The van der Waals surface area contributed by atoms with Crippen LogP contribution in [0.4, 0.5) is 10.1 Å². The maximum absolute atomic E-state index is 12.1. The van der Waals surface area contributed by atoms with Crippen molar-refractivity contribution < 1.29 is 4.39 Å². The third-order valence-electron chi connectivity index (χ3n) is 2.12. The molecule has 0 aliphatic carbocycles. The number of benzene rings is 1. The largest absolute Gasteiger partial charge is 0.399 e. The van der Waals surface area contributed by atoms with Crippen LogP contribution < -0.4 is 5.73 Å². The fraction of sp³-hybridized carbons (Fsp3) is 0.200. The zero-order chi connectivity index (χ0) is 9.26. The number of rotatable bonds is 2. The first-order valence-corrected chi connectivity index (χ1v) is 4.21. The minimum Gasteiger partial charge on any atom is -0.399 e. The van der Waals surface area contributed by atoms with Crippen LogP contribution in [0.5, 0.6) is 0 Å². The van der Waals surface area contributed by atoms with Gasteiger partial charge in [-0.1, -0.05) is 0 Å². The number of hydrogen-bond donors (Lipinski definition) is 1. The van der Waals surface area contributed by atoms with Crippen LogP contribution in [0.15, 0.2) is 30.5 Å². The summed E-state index contributed by atoms with van der Waals surface area (Å²) in [6.45, 7) is 0.0710. The number of alkyl halides is 1. The van der Waals surface area contributed by atoms with E-state index in [4.69, 9.17) is 5.73 Å². The summed E-state index contributed by atoms with van der Waals surface area (Å²) in [6, 6.07) is 7.59. The molecule has 2 aromatic rings. The molecule has 0 amide bonds. The first-order chi connectivity index (χ1) is 6.31. The van der Waals surface area contributed by atoms with E-state index < -0.39 is 0 Å². The minimum atomic E-state index is -0.339. The summed E-state index contributed by atoms with van der Waals surface area (Å²) in [7, 11) is 0. The molecule has 0 radical (unpaired) electrons. The standard InChI is InChI=1S/C10H11FN2/c11-4-6-13-5-3-8-7-9(12)1-2-10(8)13/h1-3,5,7H,4,6,12H2. The van der Waals surface area contributed by atoms with E-state index in [-0.39, 0.29) is 6.67 Å². The summed E-state index contributed by atoms with van der Waals surface area (Å²) in [5.74, 6) is 0. The lowest BCUT2D eigenvalue weighted by Gasteiger charge is -2.01. The van der Waals surface area contributed by atoms with Crippen LogP contribution in [0.2, 0.25) is 0 Å². The molecule has 0 bridgehead atoms. The van der Waals surface area contributed by atoms with Crippen molar-refractivity contribution >= 4 is 16.6 Å². The van der Waals surface area contributed by atoms with Gasteiger partial charge in [-0.3, -0.25) is 0 Å². The molecule has 1 heterocycles. The summed E-state index contributed by atoms with van der Waals surface area (Å²) >= 11 is 0. The fourth-order valence-corrected chi connectivity index (χ4v) is 1.50. The molecule has 0 aliphatic heterocycles. The van der Waals surface area contributed by atoms with Crippen molar-refractivity contribution in [1.82, 2.24) is 4.57 Å². The predicted octanol–water partition coefficient (Wildman–Crippen LogP) is 2.19. The van der Waals surface area contributed by atoms with Crippen LogP contribution >= 0.6 is 0 Å². The van der Waals surface area contributed by atoms with E-state index in [0.29, 0.717) is 6.54 Å². The number of nitrogens with two attached hydrogens (primary N) is 1. The quantitative estimate of drug-likeness (QED) is 0.702. The van der Waals surface area contributed by atoms with Gasteiger partial charge in [0.05, 0.1) is 6.54 Å². The SMILES string of the molecule is Nc1ccc2c(ccn2CCF)c1. The van der Waals surface area contributed by atoms with Crippen molar-refractivity contribution in [3.63, 3.8) is 0 Å². The van der Waals surface area contributed by atoms with Crippen molar-refractivity contribution in [1.29, 1.82) is 0 Å². The molecular weight excluding hydrogens is 167 g/mol. The van der Waals surface area contributed by atoms with Gasteiger partial charge in [-0.15, -0.1) is 0 Å². The number of aromatic nitrogens is 1. The van der Waals surface area contributed by atoms with Crippen molar-refractivity contribution in [2.45, 2.75) is 6.54 Å². The molecule has 13 heavy (non-hydrogen) atoms. The van der Waals surface area contributed by atoms with Gasteiger partial charge in [-0.05, 0) is 24.3 Å². The fourth-order valence-electron chi connectivity index (χ4n) is 1.50. The third-order valence-corrected chi connectivity index (χ3v) is 2.12. The van der Waals surface area contributed by atoms with Crippen molar-refractivity contribution in [3.8, 4) is 0 Å². The Morgan fingerprint density at radius 2 is 2.15 bits per heavy atom. The Hall–Kier alpha value is -1.51. The normalized spacial score (nSPS) is 10.8.